The molecule has 0 saturated carbocycles. The van der Waals surface area contributed by atoms with E-state index in [1.807, 2.05) is 0 Å². The molecule has 0 aliphatic carbocycles. The van der Waals surface area contributed by atoms with Crippen LogP contribution in [0.1, 0.15) is 32.1 Å². The molecule has 2 bridgehead atoms. The predicted octanol–water partition coefficient (Wildman–Crippen LogP) is 4.84. The molecule has 2 aromatic heterocycles. The van der Waals surface area contributed by atoms with Crippen LogP contribution in [0.2, 0.25) is 0 Å². The van der Waals surface area contributed by atoms with Gasteiger partial charge in [-0.2, -0.15) is 9.97 Å². The standard InChI is InChI=1S/C34H35F3N6O3/c35-20-11-34(7-2-8-42(34)13-20)18-46-33-39-31-26(32(40-33)41-14-21-5-6-22(15-41)43(21)16-24-17-45-24)12-38-30(29(31)37)25-10-23(44)9-19-3-1-4-27(36)28(19)25/h1,3-4,9-10,12,20-22,24,44H,2,5-8,11,13-18H2/t20-,21?,22?,24-,34+/m1/s1. The highest BCUT2D eigenvalue weighted by molar-refractivity contribution is 6.00. The number of anilines is 1. The average molecular weight is 633 g/mol. The Morgan fingerprint density at radius 1 is 1.09 bits per heavy atom. The molecule has 1 N–H and O–H groups in total. The second kappa shape index (κ2) is 10.6. The van der Waals surface area contributed by atoms with E-state index in [1.165, 1.54) is 24.4 Å². The highest BCUT2D eigenvalue weighted by Gasteiger charge is 2.49. The molecular weight excluding hydrogens is 597 g/mol. The van der Waals surface area contributed by atoms with E-state index in [0.717, 1.165) is 45.4 Å². The first-order chi connectivity index (χ1) is 22.3. The molecule has 5 saturated heterocycles. The van der Waals surface area contributed by atoms with E-state index >= 15 is 8.78 Å². The second-order valence-electron chi connectivity index (χ2n) is 13.7. The van der Waals surface area contributed by atoms with E-state index in [2.05, 4.69) is 24.7 Å². The Hall–Kier alpha value is -3.74. The molecule has 240 valence electrons. The van der Waals surface area contributed by atoms with E-state index in [1.54, 1.807) is 12.1 Å². The molecule has 4 aromatic rings. The number of ether oxygens (including phenoxy) is 2. The molecule has 0 spiro atoms. The van der Waals surface area contributed by atoms with Crippen LogP contribution in [0.5, 0.6) is 11.8 Å². The summed E-state index contributed by atoms with van der Waals surface area (Å²) in [6, 6.07) is 7.93. The summed E-state index contributed by atoms with van der Waals surface area (Å²) in [5, 5.41) is 11.5. The number of piperazine rings is 1. The summed E-state index contributed by atoms with van der Waals surface area (Å²) in [4.78, 5) is 20.8. The monoisotopic (exact) mass is 632 g/mol. The Morgan fingerprint density at radius 2 is 1.91 bits per heavy atom. The van der Waals surface area contributed by atoms with Crippen molar-refractivity contribution in [3.05, 3.63) is 48.2 Å². The fourth-order valence-corrected chi connectivity index (χ4v) is 8.59. The maximum Gasteiger partial charge on any atom is 0.319 e. The first kappa shape index (κ1) is 28.5. The zero-order valence-corrected chi connectivity index (χ0v) is 25.3. The van der Waals surface area contributed by atoms with E-state index in [9.17, 15) is 9.50 Å². The fraction of sp³-hybridized carbons (Fsp3) is 0.500. The van der Waals surface area contributed by atoms with Crippen LogP contribution in [-0.4, -0.2) is 106 Å². The molecule has 9 nitrogen and oxygen atoms in total. The molecule has 5 atom stereocenters. The van der Waals surface area contributed by atoms with Crippen LogP contribution in [-0.2, 0) is 4.74 Å². The average Bonchev–Trinajstić information content (AvgIpc) is 3.63. The number of nitrogens with zero attached hydrogens (tertiary/aromatic N) is 6. The van der Waals surface area contributed by atoms with Gasteiger partial charge in [0, 0.05) is 61.8 Å². The smallest absolute Gasteiger partial charge is 0.319 e. The molecule has 5 fully saturated rings. The summed E-state index contributed by atoms with van der Waals surface area (Å²) in [5.74, 6) is -0.886. The van der Waals surface area contributed by atoms with Crippen molar-refractivity contribution in [2.24, 2.45) is 0 Å². The number of hydrogen-bond donors (Lipinski definition) is 1. The maximum absolute atomic E-state index is 16.7. The Kier molecular flexibility index (Phi) is 6.59. The number of aromatic nitrogens is 3. The Balaban J connectivity index is 1.14. The quantitative estimate of drug-likeness (QED) is 0.288. The number of epoxide rings is 1. The normalized spacial score (nSPS) is 29.2. The first-order valence-corrected chi connectivity index (χ1v) is 16.3. The fourth-order valence-electron chi connectivity index (χ4n) is 8.59. The van der Waals surface area contributed by atoms with E-state index in [-0.39, 0.29) is 40.5 Å². The molecular formula is C34H35F3N6O3. The molecule has 0 amide bonds. The van der Waals surface area contributed by atoms with Crippen LogP contribution in [0.3, 0.4) is 0 Å². The lowest BCUT2D eigenvalue weighted by Gasteiger charge is -2.41. The minimum absolute atomic E-state index is 0.00885. The minimum Gasteiger partial charge on any atom is -0.508 e. The zero-order chi connectivity index (χ0) is 31.2. The number of phenolic OH excluding ortho intramolecular Hbond substituents is 1. The van der Waals surface area contributed by atoms with Gasteiger partial charge in [-0.05, 0) is 55.8 Å². The zero-order valence-electron chi connectivity index (χ0n) is 25.3. The summed E-state index contributed by atoms with van der Waals surface area (Å²) in [5.41, 5.74) is -0.410. The lowest BCUT2D eigenvalue weighted by Crippen LogP contribution is -2.55. The van der Waals surface area contributed by atoms with Gasteiger partial charge in [0.15, 0.2) is 5.82 Å². The minimum atomic E-state index is -0.909. The Labute approximate surface area is 263 Å². The third-order valence-corrected chi connectivity index (χ3v) is 10.8. The van der Waals surface area contributed by atoms with Crippen molar-refractivity contribution >= 4 is 27.5 Å². The molecule has 2 unspecified atom stereocenters. The van der Waals surface area contributed by atoms with Gasteiger partial charge in [0.1, 0.15) is 41.4 Å². The van der Waals surface area contributed by atoms with Crippen LogP contribution in [0.15, 0.2) is 36.5 Å². The number of benzene rings is 2. The van der Waals surface area contributed by atoms with E-state index in [4.69, 9.17) is 14.5 Å². The number of fused-ring (bicyclic) bond motifs is 5. The third kappa shape index (κ3) is 4.67. The van der Waals surface area contributed by atoms with E-state index in [0.29, 0.717) is 60.8 Å². The van der Waals surface area contributed by atoms with Crippen molar-refractivity contribution in [3.63, 3.8) is 0 Å². The van der Waals surface area contributed by atoms with Crippen LogP contribution in [0, 0.1) is 11.6 Å². The molecule has 5 aliphatic rings. The van der Waals surface area contributed by atoms with Gasteiger partial charge in [0.2, 0.25) is 0 Å². The third-order valence-electron chi connectivity index (χ3n) is 10.8. The molecule has 7 heterocycles. The van der Waals surface area contributed by atoms with Gasteiger partial charge in [-0.3, -0.25) is 14.8 Å². The van der Waals surface area contributed by atoms with Crippen molar-refractivity contribution in [2.75, 3.05) is 50.8 Å². The molecule has 2 aromatic carbocycles. The SMILES string of the molecule is Oc1cc(-c2ncc3c(N4CC5CCC(C4)N5C[C@@H]4CO4)nc(OC[C@@]45CCCN4C[C@H](F)C5)nc3c2F)c2c(F)cccc2c1. The van der Waals surface area contributed by atoms with Crippen LogP contribution in [0.25, 0.3) is 32.9 Å². The van der Waals surface area contributed by atoms with Crippen LogP contribution < -0.4 is 9.64 Å². The first-order valence-electron chi connectivity index (χ1n) is 16.3. The molecule has 12 heteroatoms. The number of rotatable bonds is 7. The number of hydrogen-bond acceptors (Lipinski definition) is 9. The number of aromatic hydroxyl groups is 1. The summed E-state index contributed by atoms with van der Waals surface area (Å²) >= 11 is 0. The Morgan fingerprint density at radius 3 is 2.72 bits per heavy atom. The summed E-state index contributed by atoms with van der Waals surface area (Å²) in [6.07, 6.45) is 5.25. The summed E-state index contributed by atoms with van der Waals surface area (Å²) in [7, 11) is 0. The highest BCUT2D eigenvalue weighted by Crippen LogP contribution is 2.42. The maximum atomic E-state index is 16.7. The van der Waals surface area contributed by atoms with Crippen molar-refractivity contribution < 1.29 is 27.8 Å². The number of pyridine rings is 1. The molecule has 9 rings (SSSR count). The highest BCUT2D eigenvalue weighted by atomic mass is 19.1. The lowest BCUT2D eigenvalue weighted by atomic mass is 9.95. The van der Waals surface area contributed by atoms with Gasteiger partial charge in [-0.25, -0.2) is 13.2 Å². The van der Waals surface area contributed by atoms with Crippen molar-refractivity contribution in [3.8, 4) is 23.0 Å². The molecule has 0 radical (unpaired) electrons. The lowest BCUT2D eigenvalue weighted by molar-refractivity contribution is 0.107. The summed E-state index contributed by atoms with van der Waals surface area (Å²) < 4.78 is 58.2. The van der Waals surface area contributed by atoms with Gasteiger partial charge in [0.25, 0.3) is 0 Å². The van der Waals surface area contributed by atoms with Gasteiger partial charge < -0.3 is 19.5 Å². The van der Waals surface area contributed by atoms with Crippen LogP contribution in [0.4, 0.5) is 19.0 Å². The van der Waals surface area contributed by atoms with Crippen molar-refractivity contribution in [1.29, 1.82) is 0 Å². The van der Waals surface area contributed by atoms with Crippen molar-refractivity contribution in [2.45, 2.75) is 62.0 Å². The largest absolute Gasteiger partial charge is 0.508 e. The Bertz CT molecular complexity index is 1840. The molecule has 5 aliphatic heterocycles. The number of alkyl halides is 1. The van der Waals surface area contributed by atoms with Gasteiger partial charge in [-0.15, -0.1) is 0 Å². The van der Waals surface area contributed by atoms with Gasteiger partial charge in [-0.1, -0.05) is 12.1 Å². The van der Waals surface area contributed by atoms with Gasteiger partial charge >= 0.3 is 6.01 Å². The van der Waals surface area contributed by atoms with E-state index < -0.39 is 23.3 Å². The van der Waals surface area contributed by atoms with Gasteiger partial charge in [0.05, 0.1) is 23.6 Å². The number of phenols is 1. The molecule has 46 heavy (non-hydrogen) atoms. The predicted molar refractivity (Wildman–Crippen MR) is 166 cm³/mol. The second-order valence-corrected chi connectivity index (χ2v) is 13.7. The van der Waals surface area contributed by atoms with Crippen LogP contribution >= 0.6 is 0 Å². The van der Waals surface area contributed by atoms with Crippen molar-refractivity contribution in [1.82, 2.24) is 24.8 Å². The summed E-state index contributed by atoms with van der Waals surface area (Å²) in [6.45, 7) is 4.58. The topological polar surface area (TPSA) is 90.4 Å². The number of halogens is 3.